The lowest BCUT2D eigenvalue weighted by atomic mass is 10.4. The molecule has 5 heteroatoms. The summed E-state index contributed by atoms with van der Waals surface area (Å²) in [4.78, 5) is 0. The third kappa shape index (κ3) is 1.80. The minimum Gasteiger partial charge on any atom is -0.314 e. The highest BCUT2D eigenvalue weighted by Gasteiger charge is 2.02. The number of nitrogens with zero attached hydrogens (tertiary/aromatic N) is 2. The summed E-state index contributed by atoms with van der Waals surface area (Å²) in [5.41, 5.74) is 0.866. The van der Waals surface area contributed by atoms with Crippen molar-refractivity contribution >= 4 is 15.9 Å². The minimum absolute atomic E-state index is 0.445. The predicted molar refractivity (Wildman–Crippen MR) is 39.5 cm³/mol. The Morgan fingerprint density at radius 1 is 1.90 bits per heavy atom. The summed E-state index contributed by atoms with van der Waals surface area (Å²) >= 11 is 3.26. The standard InChI is InChI=1S/C5H8BrN3O/c1-9(10)3-5-4(6)2-7-8-5/h2,10H,3H2,1H3,(H,7,8). The third-order valence-corrected chi connectivity index (χ3v) is 1.74. The molecule has 0 fully saturated rings. The molecule has 1 aromatic heterocycles. The molecule has 0 bridgehead atoms. The van der Waals surface area contributed by atoms with Crippen molar-refractivity contribution in [1.82, 2.24) is 15.3 Å². The van der Waals surface area contributed by atoms with E-state index in [0.717, 1.165) is 15.2 Å². The lowest BCUT2D eigenvalue weighted by molar-refractivity contribution is -0.0742. The van der Waals surface area contributed by atoms with Crippen molar-refractivity contribution in [2.24, 2.45) is 0 Å². The van der Waals surface area contributed by atoms with E-state index >= 15 is 0 Å². The summed E-state index contributed by atoms with van der Waals surface area (Å²) < 4.78 is 0.883. The zero-order chi connectivity index (χ0) is 7.56. The number of H-pyrrole nitrogens is 1. The van der Waals surface area contributed by atoms with E-state index in [9.17, 15) is 0 Å². The fourth-order valence-electron chi connectivity index (χ4n) is 0.638. The SMILES string of the molecule is CN(O)Cc1[nH]ncc1Br. The average Bonchev–Trinajstić information content (AvgIpc) is 2.15. The van der Waals surface area contributed by atoms with Crippen LogP contribution < -0.4 is 0 Å². The van der Waals surface area contributed by atoms with Gasteiger partial charge in [0.2, 0.25) is 0 Å². The summed E-state index contributed by atoms with van der Waals surface area (Å²) in [5.74, 6) is 0. The van der Waals surface area contributed by atoms with Crippen LogP contribution in [0.2, 0.25) is 0 Å². The normalized spacial score (nSPS) is 10.8. The van der Waals surface area contributed by atoms with E-state index in [0.29, 0.717) is 6.54 Å². The van der Waals surface area contributed by atoms with Gasteiger partial charge in [0.15, 0.2) is 0 Å². The van der Waals surface area contributed by atoms with E-state index < -0.39 is 0 Å². The maximum Gasteiger partial charge on any atom is 0.0664 e. The number of hydroxylamine groups is 2. The molecule has 1 aromatic rings. The van der Waals surface area contributed by atoms with Gasteiger partial charge in [0.25, 0.3) is 0 Å². The first-order valence-electron chi connectivity index (χ1n) is 2.78. The molecular weight excluding hydrogens is 198 g/mol. The van der Waals surface area contributed by atoms with Crippen LogP contribution >= 0.6 is 15.9 Å². The maximum absolute atomic E-state index is 8.81. The number of hydrogen-bond donors (Lipinski definition) is 2. The molecule has 0 saturated heterocycles. The van der Waals surface area contributed by atoms with Crippen LogP contribution in [-0.2, 0) is 6.54 Å². The van der Waals surface area contributed by atoms with Gasteiger partial charge in [-0.1, -0.05) is 0 Å². The molecule has 0 aliphatic heterocycles. The van der Waals surface area contributed by atoms with Crippen molar-refractivity contribution < 1.29 is 5.21 Å². The second-order valence-electron chi connectivity index (χ2n) is 2.01. The molecule has 0 atom stereocenters. The number of rotatable bonds is 2. The highest BCUT2D eigenvalue weighted by Crippen LogP contribution is 2.12. The molecule has 56 valence electrons. The Morgan fingerprint density at radius 3 is 3.00 bits per heavy atom. The van der Waals surface area contributed by atoms with Gasteiger partial charge in [-0.15, -0.1) is 0 Å². The molecule has 10 heavy (non-hydrogen) atoms. The monoisotopic (exact) mass is 205 g/mol. The van der Waals surface area contributed by atoms with Gasteiger partial charge in [0, 0.05) is 7.05 Å². The Balaban J connectivity index is 2.65. The van der Waals surface area contributed by atoms with Crippen LogP contribution in [0.3, 0.4) is 0 Å². The summed E-state index contributed by atoms with van der Waals surface area (Å²) in [6.07, 6.45) is 1.65. The van der Waals surface area contributed by atoms with E-state index in [-0.39, 0.29) is 0 Å². The van der Waals surface area contributed by atoms with Crippen molar-refractivity contribution in [2.45, 2.75) is 6.54 Å². The first-order valence-corrected chi connectivity index (χ1v) is 3.57. The molecular formula is C5H8BrN3O. The van der Waals surface area contributed by atoms with Gasteiger partial charge in [-0.05, 0) is 15.9 Å². The molecule has 0 aliphatic carbocycles. The number of nitrogens with one attached hydrogen (secondary N) is 1. The Kier molecular flexibility index (Phi) is 2.42. The third-order valence-electron chi connectivity index (χ3n) is 1.05. The van der Waals surface area contributed by atoms with E-state index in [2.05, 4.69) is 26.1 Å². The van der Waals surface area contributed by atoms with Crippen LogP contribution in [-0.4, -0.2) is 27.5 Å². The highest BCUT2D eigenvalue weighted by atomic mass is 79.9. The van der Waals surface area contributed by atoms with E-state index in [1.54, 1.807) is 13.2 Å². The lowest BCUT2D eigenvalue weighted by Crippen LogP contribution is -2.12. The minimum atomic E-state index is 0.445. The fraction of sp³-hybridized carbons (Fsp3) is 0.400. The van der Waals surface area contributed by atoms with Crippen LogP contribution in [0.25, 0.3) is 0 Å². The topological polar surface area (TPSA) is 52.1 Å². The van der Waals surface area contributed by atoms with Gasteiger partial charge in [-0.3, -0.25) is 5.10 Å². The Bertz CT molecular complexity index is 210. The smallest absolute Gasteiger partial charge is 0.0664 e. The van der Waals surface area contributed by atoms with Crippen LogP contribution in [0.5, 0.6) is 0 Å². The van der Waals surface area contributed by atoms with Gasteiger partial charge in [0.05, 0.1) is 22.9 Å². The summed E-state index contributed by atoms with van der Waals surface area (Å²) in [5, 5.41) is 16.4. The van der Waals surface area contributed by atoms with Crippen molar-refractivity contribution in [2.75, 3.05) is 7.05 Å². The van der Waals surface area contributed by atoms with Crippen LogP contribution in [0.15, 0.2) is 10.7 Å². The predicted octanol–water partition coefficient (Wildman–Crippen LogP) is 0.993. The summed E-state index contributed by atoms with van der Waals surface area (Å²) in [6.45, 7) is 0.445. The zero-order valence-electron chi connectivity index (χ0n) is 5.50. The number of aromatic nitrogens is 2. The first kappa shape index (κ1) is 7.71. The molecule has 2 N–H and O–H groups in total. The van der Waals surface area contributed by atoms with Crippen LogP contribution in [0.4, 0.5) is 0 Å². The molecule has 0 spiro atoms. The van der Waals surface area contributed by atoms with E-state index in [4.69, 9.17) is 5.21 Å². The van der Waals surface area contributed by atoms with E-state index in [1.165, 1.54) is 0 Å². The quantitative estimate of drug-likeness (QED) is 0.709. The van der Waals surface area contributed by atoms with Crippen LogP contribution in [0, 0.1) is 0 Å². The maximum atomic E-state index is 8.81. The largest absolute Gasteiger partial charge is 0.314 e. The Morgan fingerprint density at radius 2 is 2.60 bits per heavy atom. The van der Waals surface area contributed by atoms with Crippen LogP contribution in [0.1, 0.15) is 5.69 Å². The lowest BCUT2D eigenvalue weighted by Gasteiger charge is -2.04. The zero-order valence-corrected chi connectivity index (χ0v) is 7.09. The van der Waals surface area contributed by atoms with E-state index in [1.807, 2.05) is 0 Å². The van der Waals surface area contributed by atoms with Crippen molar-refractivity contribution in [3.63, 3.8) is 0 Å². The van der Waals surface area contributed by atoms with Crippen molar-refractivity contribution in [1.29, 1.82) is 0 Å². The molecule has 0 radical (unpaired) electrons. The summed E-state index contributed by atoms with van der Waals surface area (Å²) in [6, 6.07) is 0. The molecule has 0 saturated carbocycles. The van der Waals surface area contributed by atoms with Gasteiger partial charge >= 0.3 is 0 Å². The Labute approximate surface area is 66.9 Å². The summed E-state index contributed by atoms with van der Waals surface area (Å²) in [7, 11) is 1.58. The first-order chi connectivity index (χ1) is 4.70. The van der Waals surface area contributed by atoms with Gasteiger partial charge in [-0.2, -0.15) is 10.2 Å². The number of aromatic amines is 1. The number of halogens is 1. The van der Waals surface area contributed by atoms with Gasteiger partial charge in [0.1, 0.15) is 0 Å². The molecule has 0 aromatic carbocycles. The second-order valence-corrected chi connectivity index (χ2v) is 2.87. The van der Waals surface area contributed by atoms with Crippen molar-refractivity contribution in [3.05, 3.63) is 16.4 Å². The molecule has 1 rings (SSSR count). The molecule has 4 nitrogen and oxygen atoms in total. The van der Waals surface area contributed by atoms with Gasteiger partial charge < -0.3 is 5.21 Å². The van der Waals surface area contributed by atoms with Gasteiger partial charge in [-0.25, -0.2) is 0 Å². The second kappa shape index (κ2) is 3.14. The number of hydrogen-bond acceptors (Lipinski definition) is 3. The molecule has 0 amide bonds. The molecule has 0 aliphatic rings. The fourth-order valence-corrected chi connectivity index (χ4v) is 0.954. The molecule has 0 unspecified atom stereocenters. The highest BCUT2D eigenvalue weighted by molar-refractivity contribution is 9.10. The average molecular weight is 206 g/mol. The Hall–Kier alpha value is -0.390. The van der Waals surface area contributed by atoms with Crippen molar-refractivity contribution in [3.8, 4) is 0 Å². The molecule has 1 heterocycles.